The number of para-hydroxylation sites is 1. The van der Waals surface area contributed by atoms with Crippen LogP contribution in [0.25, 0.3) is 22.4 Å². The molecule has 0 unspecified atom stereocenters. The Morgan fingerprint density at radius 3 is 2.36 bits per heavy atom. The van der Waals surface area contributed by atoms with Crippen LogP contribution < -0.4 is 33.4 Å². The molecule has 1 aliphatic rings. The summed E-state index contributed by atoms with van der Waals surface area (Å²) in [6, 6.07) is 17.5. The number of aryl methyl sites for hydroxylation is 1. The maximum Gasteiger partial charge on any atom is 0.262 e. The minimum Gasteiger partial charge on any atom is -1.00 e. The van der Waals surface area contributed by atoms with Crippen LogP contribution in [0.15, 0.2) is 48.5 Å². The summed E-state index contributed by atoms with van der Waals surface area (Å²) in [6.45, 7) is 2.40. The summed E-state index contributed by atoms with van der Waals surface area (Å²) in [7, 11) is 2.14. The fourth-order valence-corrected chi connectivity index (χ4v) is 4.43. The summed E-state index contributed by atoms with van der Waals surface area (Å²) in [5.74, 6) is 0. The molecule has 3 aromatic rings. The Morgan fingerprint density at radius 2 is 1.64 bits per heavy atom. The zero-order valence-electron chi connectivity index (χ0n) is 14.5. The third-order valence-corrected chi connectivity index (χ3v) is 5.99. The lowest BCUT2D eigenvalue weighted by atomic mass is 10.1. The molecule has 0 spiro atoms. The van der Waals surface area contributed by atoms with Crippen molar-refractivity contribution in [2.45, 2.75) is 19.3 Å². The molecule has 25 heavy (non-hydrogen) atoms. The standard InChI is InChI=1S/C21H23N2S.HI/c1-22-19-7-3-4-8-20(19)24-21(22)14-11-17-9-12-18(13-10-17)23-15-5-2-6-16-23;/h3-4,7-14H,2,5-6,15-16H2,1H3;1H/q+1;/p-1. The van der Waals surface area contributed by atoms with Crippen molar-refractivity contribution < 1.29 is 28.5 Å². The zero-order valence-corrected chi connectivity index (χ0v) is 17.5. The van der Waals surface area contributed by atoms with E-state index in [1.165, 1.54) is 58.8 Å². The molecule has 1 fully saturated rings. The maximum atomic E-state index is 2.50. The normalized spacial score (nSPS) is 14.8. The van der Waals surface area contributed by atoms with Crippen LogP contribution in [0.3, 0.4) is 0 Å². The first kappa shape index (κ1) is 18.4. The second-order valence-corrected chi connectivity index (χ2v) is 7.50. The average Bonchev–Trinajstić information content (AvgIpc) is 2.97. The Bertz CT molecular complexity index is 861. The molecular weight excluding hydrogens is 439 g/mol. The topological polar surface area (TPSA) is 7.12 Å². The van der Waals surface area contributed by atoms with Crippen molar-refractivity contribution in [1.29, 1.82) is 0 Å². The van der Waals surface area contributed by atoms with Gasteiger partial charge in [0.1, 0.15) is 11.7 Å². The number of hydrogen-bond acceptors (Lipinski definition) is 2. The highest BCUT2D eigenvalue weighted by molar-refractivity contribution is 7.18. The number of aromatic nitrogens is 1. The molecule has 0 amide bonds. The van der Waals surface area contributed by atoms with Crippen molar-refractivity contribution >= 4 is 39.4 Å². The quantitative estimate of drug-likeness (QED) is 0.426. The summed E-state index contributed by atoms with van der Waals surface area (Å²) in [5, 5.41) is 1.27. The van der Waals surface area contributed by atoms with Gasteiger partial charge >= 0.3 is 0 Å². The highest BCUT2D eigenvalue weighted by Gasteiger charge is 2.13. The molecule has 2 nitrogen and oxygen atoms in total. The van der Waals surface area contributed by atoms with Gasteiger partial charge in [0.25, 0.3) is 5.01 Å². The molecule has 4 rings (SSSR count). The smallest absolute Gasteiger partial charge is 0.262 e. The molecule has 130 valence electrons. The Hall–Kier alpha value is -1.40. The van der Waals surface area contributed by atoms with Crippen molar-refractivity contribution in [1.82, 2.24) is 0 Å². The third kappa shape index (κ3) is 4.06. The van der Waals surface area contributed by atoms with Crippen molar-refractivity contribution in [3.8, 4) is 0 Å². The van der Waals surface area contributed by atoms with Crippen LogP contribution in [0, 0.1) is 0 Å². The summed E-state index contributed by atoms with van der Waals surface area (Å²) < 4.78 is 3.60. The zero-order chi connectivity index (χ0) is 16.4. The van der Waals surface area contributed by atoms with Crippen molar-refractivity contribution in [3.05, 3.63) is 59.1 Å². The van der Waals surface area contributed by atoms with E-state index in [0.717, 1.165) is 0 Å². The summed E-state index contributed by atoms with van der Waals surface area (Å²) in [5.41, 5.74) is 3.91. The molecule has 2 heterocycles. The van der Waals surface area contributed by atoms with E-state index in [4.69, 9.17) is 0 Å². The van der Waals surface area contributed by atoms with Gasteiger partial charge in [-0.2, -0.15) is 4.57 Å². The molecule has 2 aromatic carbocycles. The average molecular weight is 462 g/mol. The molecule has 0 radical (unpaired) electrons. The first-order chi connectivity index (χ1) is 11.8. The Balaban J connectivity index is 0.00000182. The lowest BCUT2D eigenvalue weighted by Crippen LogP contribution is -3.00. The Labute approximate surface area is 170 Å². The number of rotatable bonds is 3. The van der Waals surface area contributed by atoms with E-state index in [-0.39, 0.29) is 24.0 Å². The highest BCUT2D eigenvalue weighted by atomic mass is 127. The molecule has 0 atom stereocenters. The Kier molecular flexibility index (Phi) is 6.12. The van der Waals surface area contributed by atoms with Crippen molar-refractivity contribution in [3.63, 3.8) is 0 Å². The lowest BCUT2D eigenvalue weighted by Gasteiger charge is -2.28. The van der Waals surface area contributed by atoms with Crippen LogP contribution >= 0.6 is 11.3 Å². The van der Waals surface area contributed by atoms with E-state index in [1.54, 1.807) is 0 Å². The molecule has 1 saturated heterocycles. The predicted octanol–water partition coefficient (Wildman–Crippen LogP) is 1.89. The second kappa shape index (κ2) is 8.32. The molecule has 1 aromatic heterocycles. The molecule has 4 heteroatoms. The summed E-state index contributed by atoms with van der Waals surface area (Å²) >= 11 is 1.84. The van der Waals surface area contributed by atoms with Gasteiger partial charge < -0.3 is 28.9 Å². The number of halogens is 1. The van der Waals surface area contributed by atoms with Crippen molar-refractivity contribution in [2.75, 3.05) is 18.0 Å². The first-order valence-electron chi connectivity index (χ1n) is 8.72. The van der Waals surface area contributed by atoms with Crippen LogP contribution in [-0.4, -0.2) is 13.1 Å². The maximum absolute atomic E-state index is 2.50. The van der Waals surface area contributed by atoms with Crippen LogP contribution in [0.4, 0.5) is 5.69 Å². The minimum absolute atomic E-state index is 0. The fourth-order valence-electron chi connectivity index (χ4n) is 3.38. The molecular formula is C21H23IN2S. The highest BCUT2D eigenvalue weighted by Crippen LogP contribution is 2.23. The molecule has 0 N–H and O–H groups in total. The van der Waals surface area contributed by atoms with Gasteiger partial charge in [0.15, 0.2) is 0 Å². The van der Waals surface area contributed by atoms with Gasteiger partial charge in [-0.3, -0.25) is 0 Å². The van der Waals surface area contributed by atoms with Crippen molar-refractivity contribution in [2.24, 2.45) is 7.05 Å². The van der Waals surface area contributed by atoms with Gasteiger partial charge in [-0.25, -0.2) is 0 Å². The van der Waals surface area contributed by atoms with Crippen LogP contribution in [0.2, 0.25) is 0 Å². The van der Waals surface area contributed by atoms with E-state index < -0.39 is 0 Å². The van der Waals surface area contributed by atoms with E-state index in [2.05, 4.69) is 77.2 Å². The molecule has 1 aliphatic heterocycles. The Morgan fingerprint density at radius 1 is 0.920 bits per heavy atom. The molecule has 0 bridgehead atoms. The third-order valence-electron chi connectivity index (χ3n) is 4.80. The number of hydrogen-bond donors (Lipinski definition) is 0. The number of anilines is 1. The van der Waals surface area contributed by atoms with E-state index in [1.807, 2.05) is 11.3 Å². The number of fused-ring (bicyclic) bond motifs is 1. The lowest BCUT2D eigenvalue weighted by molar-refractivity contribution is -0.642. The second-order valence-electron chi connectivity index (χ2n) is 6.44. The monoisotopic (exact) mass is 462 g/mol. The molecule has 0 aliphatic carbocycles. The minimum atomic E-state index is 0. The first-order valence-corrected chi connectivity index (χ1v) is 9.53. The van der Waals surface area contributed by atoms with Crippen LogP contribution in [-0.2, 0) is 7.05 Å². The van der Waals surface area contributed by atoms with E-state index in [0.29, 0.717) is 0 Å². The van der Waals surface area contributed by atoms with Crippen LogP contribution in [0.1, 0.15) is 29.8 Å². The van der Waals surface area contributed by atoms with Gasteiger partial charge in [-0.1, -0.05) is 35.6 Å². The largest absolute Gasteiger partial charge is 1.00 e. The van der Waals surface area contributed by atoms with E-state index in [9.17, 15) is 0 Å². The predicted molar refractivity (Wildman–Crippen MR) is 104 cm³/mol. The number of nitrogens with zero attached hydrogens (tertiary/aromatic N) is 2. The fraction of sp³-hybridized carbons (Fsp3) is 0.286. The van der Waals surface area contributed by atoms with Crippen LogP contribution in [0.5, 0.6) is 0 Å². The van der Waals surface area contributed by atoms with Gasteiger partial charge in [0.05, 0.1) is 0 Å². The van der Waals surface area contributed by atoms with Gasteiger partial charge in [-0.05, 0) is 49.1 Å². The SMILES string of the molecule is C[n+]1c(C=Cc2ccc(N3CCCCC3)cc2)sc2ccccc21.[I-]. The summed E-state index contributed by atoms with van der Waals surface area (Å²) in [6.07, 6.45) is 8.46. The van der Waals surface area contributed by atoms with E-state index >= 15 is 0 Å². The molecule has 0 saturated carbocycles. The number of benzene rings is 2. The van der Waals surface area contributed by atoms with Gasteiger partial charge in [-0.15, -0.1) is 0 Å². The number of piperidine rings is 1. The summed E-state index contributed by atoms with van der Waals surface area (Å²) in [4.78, 5) is 2.50. The number of thiazole rings is 1. The van der Waals surface area contributed by atoms with Gasteiger partial charge in [0, 0.05) is 30.9 Å². The van der Waals surface area contributed by atoms with Gasteiger partial charge in [0.2, 0.25) is 5.52 Å².